The average molecular weight is 483 g/mol. The van der Waals surface area contributed by atoms with E-state index >= 15 is 0 Å². The second-order valence-electron chi connectivity index (χ2n) is 9.48. The lowest BCUT2D eigenvalue weighted by Gasteiger charge is -2.22. The van der Waals surface area contributed by atoms with Crippen LogP contribution in [0.3, 0.4) is 0 Å². The van der Waals surface area contributed by atoms with Gasteiger partial charge in [0.1, 0.15) is 5.75 Å². The maximum absolute atomic E-state index is 12.7. The van der Waals surface area contributed by atoms with Gasteiger partial charge in [-0.3, -0.25) is 4.98 Å². The summed E-state index contributed by atoms with van der Waals surface area (Å²) < 4.78 is 10.9. The Hall–Kier alpha value is -3.70. The predicted octanol–water partition coefficient (Wildman–Crippen LogP) is 7.20. The molecule has 5 nitrogen and oxygen atoms in total. The third-order valence-electron chi connectivity index (χ3n) is 6.38. The van der Waals surface area contributed by atoms with Crippen LogP contribution >= 0.6 is 0 Å². The first kappa shape index (κ1) is 25.4. The number of para-hydroxylation sites is 1. The van der Waals surface area contributed by atoms with Crippen molar-refractivity contribution in [2.24, 2.45) is 0 Å². The summed E-state index contributed by atoms with van der Waals surface area (Å²) in [6, 6.07) is 24.4. The number of pyridine rings is 1. The number of hydrogen-bond donors (Lipinski definition) is 1. The first-order valence-electron chi connectivity index (χ1n) is 12.4. The lowest BCUT2D eigenvalue weighted by Crippen LogP contribution is -2.23. The first-order valence-corrected chi connectivity index (χ1v) is 12.4. The van der Waals surface area contributed by atoms with Crippen molar-refractivity contribution in [1.82, 2.24) is 10.3 Å². The molecule has 4 aromatic rings. The van der Waals surface area contributed by atoms with Crippen LogP contribution in [0.5, 0.6) is 5.75 Å². The van der Waals surface area contributed by atoms with E-state index in [9.17, 15) is 4.79 Å². The Morgan fingerprint density at radius 1 is 0.889 bits per heavy atom. The number of fused-ring (bicyclic) bond motifs is 1. The maximum atomic E-state index is 12.7. The lowest BCUT2D eigenvalue weighted by molar-refractivity contribution is 0.0377. The van der Waals surface area contributed by atoms with E-state index in [1.807, 2.05) is 69.3 Å². The van der Waals surface area contributed by atoms with Gasteiger partial charge in [0.2, 0.25) is 0 Å². The van der Waals surface area contributed by atoms with Crippen LogP contribution in [0.15, 0.2) is 72.8 Å². The van der Waals surface area contributed by atoms with Gasteiger partial charge in [0.15, 0.2) is 0 Å². The van der Waals surface area contributed by atoms with Crippen LogP contribution in [0.2, 0.25) is 0 Å². The Morgan fingerprint density at radius 3 is 2.42 bits per heavy atom. The molecule has 0 aliphatic heterocycles. The van der Waals surface area contributed by atoms with Crippen molar-refractivity contribution >= 4 is 16.9 Å². The molecule has 0 bridgehead atoms. The van der Waals surface area contributed by atoms with Gasteiger partial charge < -0.3 is 14.8 Å². The summed E-state index contributed by atoms with van der Waals surface area (Å²) in [5, 5.41) is 4.72. The number of hydrogen-bond acceptors (Lipinski definition) is 5. The van der Waals surface area contributed by atoms with Crippen molar-refractivity contribution in [2.45, 2.75) is 52.8 Å². The van der Waals surface area contributed by atoms with Crippen molar-refractivity contribution in [3.63, 3.8) is 0 Å². The SMILES string of the molecule is COc1cccc([C@@H](C)NC(C)c2cc(-c3ccc(C)c(C(=O)OC(C)C)c3)c3ccccc3n2)c1. The highest BCUT2D eigenvalue weighted by molar-refractivity contribution is 5.98. The minimum Gasteiger partial charge on any atom is -0.497 e. The van der Waals surface area contributed by atoms with Crippen LogP contribution in [0.25, 0.3) is 22.0 Å². The Morgan fingerprint density at radius 2 is 1.67 bits per heavy atom. The molecular weight excluding hydrogens is 448 g/mol. The second-order valence-corrected chi connectivity index (χ2v) is 9.48. The minimum atomic E-state index is -0.301. The summed E-state index contributed by atoms with van der Waals surface area (Å²) >= 11 is 0. The summed E-state index contributed by atoms with van der Waals surface area (Å²) in [6.45, 7) is 9.92. The first-order chi connectivity index (χ1) is 17.3. The Kier molecular flexibility index (Phi) is 7.70. The number of aromatic nitrogens is 1. The molecule has 0 amide bonds. The van der Waals surface area contributed by atoms with Gasteiger partial charge in [-0.15, -0.1) is 0 Å². The maximum Gasteiger partial charge on any atom is 0.338 e. The highest BCUT2D eigenvalue weighted by Crippen LogP contribution is 2.32. The molecule has 3 aromatic carbocycles. The molecule has 0 fully saturated rings. The number of aryl methyl sites for hydroxylation is 1. The Balaban J connectivity index is 1.72. The molecule has 0 spiro atoms. The van der Waals surface area contributed by atoms with Gasteiger partial charge in [-0.1, -0.05) is 42.5 Å². The quantitative estimate of drug-likeness (QED) is 0.269. The lowest BCUT2D eigenvalue weighted by atomic mass is 9.95. The third kappa shape index (κ3) is 5.58. The van der Waals surface area contributed by atoms with Crippen LogP contribution in [0.4, 0.5) is 0 Å². The Labute approximate surface area is 213 Å². The van der Waals surface area contributed by atoms with Crippen LogP contribution in [-0.2, 0) is 4.74 Å². The number of benzene rings is 3. The monoisotopic (exact) mass is 482 g/mol. The molecule has 0 aliphatic carbocycles. The largest absolute Gasteiger partial charge is 0.497 e. The molecule has 1 heterocycles. The van der Waals surface area contributed by atoms with E-state index in [1.54, 1.807) is 7.11 Å². The summed E-state index contributed by atoms with van der Waals surface area (Å²) in [4.78, 5) is 17.7. The molecule has 1 unspecified atom stereocenters. The fraction of sp³-hybridized carbons (Fsp3) is 0.290. The molecule has 36 heavy (non-hydrogen) atoms. The molecular formula is C31H34N2O3. The molecule has 0 saturated heterocycles. The van der Waals surface area contributed by atoms with Gasteiger partial charge in [-0.05, 0) is 87.2 Å². The zero-order chi connectivity index (χ0) is 25.8. The summed E-state index contributed by atoms with van der Waals surface area (Å²) in [5.74, 6) is 0.538. The smallest absolute Gasteiger partial charge is 0.338 e. The normalized spacial score (nSPS) is 13.0. The van der Waals surface area contributed by atoms with E-state index in [-0.39, 0.29) is 24.2 Å². The van der Waals surface area contributed by atoms with E-state index in [1.165, 1.54) is 0 Å². The van der Waals surface area contributed by atoms with Gasteiger partial charge in [-0.2, -0.15) is 0 Å². The topological polar surface area (TPSA) is 60.5 Å². The number of ether oxygens (including phenoxy) is 2. The number of esters is 1. The second kappa shape index (κ2) is 10.9. The van der Waals surface area contributed by atoms with Crippen molar-refractivity contribution < 1.29 is 14.3 Å². The average Bonchev–Trinajstić information content (AvgIpc) is 2.87. The minimum absolute atomic E-state index is 0.00891. The molecule has 186 valence electrons. The van der Waals surface area contributed by atoms with E-state index in [0.717, 1.165) is 44.6 Å². The van der Waals surface area contributed by atoms with Crippen LogP contribution < -0.4 is 10.1 Å². The molecule has 2 atom stereocenters. The number of carbonyl (C=O) groups excluding carboxylic acids is 1. The van der Waals surface area contributed by atoms with Gasteiger partial charge in [0.25, 0.3) is 0 Å². The van der Waals surface area contributed by atoms with Gasteiger partial charge in [-0.25, -0.2) is 4.79 Å². The number of methoxy groups -OCH3 is 1. The fourth-order valence-corrected chi connectivity index (χ4v) is 4.41. The number of carbonyl (C=O) groups is 1. The van der Waals surface area contributed by atoms with E-state index in [2.05, 4.69) is 43.4 Å². The van der Waals surface area contributed by atoms with E-state index in [0.29, 0.717) is 5.56 Å². The molecule has 1 aromatic heterocycles. The molecule has 0 aliphatic rings. The summed E-state index contributed by atoms with van der Waals surface area (Å²) in [7, 11) is 1.68. The number of nitrogens with zero attached hydrogens (tertiary/aromatic N) is 1. The molecule has 4 rings (SSSR count). The molecule has 0 saturated carbocycles. The van der Waals surface area contributed by atoms with Crippen molar-refractivity contribution in [3.05, 3.63) is 95.2 Å². The van der Waals surface area contributed by atoms with Crippen molar-refractivity contribution in [2.75, 3.05) is 7.11 Å². The summed E-state index contributed by atoms with van der Waals surface area (Å²) in [5.41, 5.74) is 6.48. The highest BCUT2D eigenvalue weighted by atomic mass is 16.5. The zero-order valence-electron chi connectivity index (χ0n) is 21.8. The van der Waals surface area contributed by atoms with Gasteiger partial charge in [0.05, 0.1) is 30.0 Å². The van der Waals surface area contributed by atoms with Crippen molar-refractivity contribution in [3.8, 4) is 16.9 Å². The fourth-order valence-electron chi connectivity index (χ4n) is 4.41. The van der Waals surface area contributed by atoms with Crippen LogP contribution in [-0.4, -0.2) is 24.2 Å². The zero-order valence-corrected chi connectivity index (χ0v) is 21.8. The highest BCUT2D eigenvalue weighted by Gasteiger charge is 2.18. The third-order valence-corrected chi connectivity index (χ3v) is 6.38. The van der Waals surface area contributed by atoms with Crippen LogP contribution in [0, 0.1) is 6.92 Å². The van der Waals surface area contributed by atoms with E-state index < -0.39 is 0 Å². The van der Waals surface area contributed by atoms with Gasteiger partial charge in [0, 0.05) is 17.5 Å². The van der Waals surface area contributed by atoms with Crippen molar-refractivity contribution in [1.29, 1.82) is 0 Å². The molecule has 1 N–H and O–H groups in total. The van der Waals surface area contributed by atoms with E-state index in [4.69, 9.17) is 14.5 Å². The number of nitrogens with one attached hydrogen (secondary N) is 1. The standard InChI is InChI=1S/C31H34N2O3/c1-19(2)36-31(34)27-17-24(15-14-20(27)3)28-18-30(33-29-13-8-7-12-26(28)29)22(5)32-21(4)23-10-9-11-25(16-23)35-6/h7-19,21-22,32H,1-6H3/t21-,22?/m1/s1. The molecule has 5 heteroatoms. The number of rotatable bonds is 8. The predicted molar refractivity (Wildman–Crippen MR) is 145 cm³/mol. The van der Waals surface area contributed by atoms with Crippen LogP contribution in [0.1, 0.15) is 67.0 Å². The Bertz CT molecular complexity index is 1380. The van der Waals surface area contributed by atoms with Gasteiger partial charge >= 0.3 is 5.97 Å². The summed E-state index contributed by atoms with van der Waals surface area (Å²) in [6.07, 6.45) is -0.174. The molecule has 0 radical (unpaired) electrons.